The molecule has 2 heterocycles. The minimum Gasteiger partial charge on any atom is -0.452 e. The first-order valence-corrected chi connectivity index (χ1v) is 12.3. The molecule has 1 saturated carbocycles. The molecule has 0 unspecified atom stereocenters. The summed E-state index contributed by atoms with van der Waals surface area (Å²) in [5.41, 5.74) is 0.847. The minimum absolute atomic E-state index is 0.135. The highest BCUT2D eigenvalue weighted by Crippen LogP contribution is 2.38. The summed E-state index contributed by atoms with van der Waals surface area (Å²) in [5, 5.41) is 2.76. The molecule has 2 aliphatic rings. The number of piperazine rings is 1. The van der Waals surface area contributed by atoms with Crippen LogP contribution in [-0.4, -0.2) is 60.7 Å². The van der Waals surface area contributed by atoms with Gasteiger partial charge in [0.1, 0.15) is 11.4 Å². The highest BCUT2D eigenvalue weighted by atomic mass is 19.1. The van der Waals surface area contributed by atoms with Gasteiger partial charge in [0.2, 0.25) is 5.43 Å². The lowest BCUT2D eigenvalue weighted by Crippen LogP contribution is -2.46. The lowest BCUT2D eigenvalue weighted by atomic mass is 10.1. The average Bonchev–Trinajstić information content (AvgIpc) is 3.74. The van der Waals surface area contributed by atoms with Crippen molar-refractivity contribution >= 4 is 34.2 Å². The topological polar surface area (TPSA) is 83.9 Å². The Morgan fingerprint density at radius 2 is 1.81 bits per heavy atom. The van der Waals surface area contributed by atoms with Gasteiger partial charge in [-0.15, -0.1) is 0 Å². The molecule has 2 fully saturated rings. The zero-order chi connectivity index (χ0) is 25.2. The van der Waals surface area contributed by atoms with Gasteiger partial charge in [0.15, 0.2) is 6.61 Å². The van der Waals surface area contributed by atoms with E-state index in [-0.39, 0.29) is 17.0 Å². The van der Waals surface area contributed by atoms with E-state index in [2.05, 4.69) is 17.1 Å². The van der Waals surface area contributed by atoms with Crippen molar-refractivity contribution < 1.29 is 18.7 Å². The van der Waals surface area contributed by atoms with Crippen molar-refractivity contribution in [2.24, 2.45) is 0 Å². The lowest BCUT2D eigenvalue weighted by molar-refractivity contribution is -0.119. The Hall–Kier alpha value is -3.72. The van der Waals surface area contributed by atoms with Crippen LogP contribution in [0, 0.1) is 5.82 Å². The zero-order valence-electron chi connectivity index (χ0n) is 20.2. The number of aromatic nitrogens is 1. The molecule has 0 spiro atoms. The number of likely N-dealkylation sites (N-methyl/N-ethyl adjacent to an activating group) is 1. The quantitative estimate of drug-likeness (QED) is 0.509. The molecule has 36 heavy (non-hydrogen) atoms. The number of nitrogens with one attached hydrogen (secondary N) is 1. The summed E-state index contributed by atoms with van der Waals surface area (Å²) in [4.78, 5) is 42.5. The van der Waals surface area contributed by atoms with Crippen molar-refractivity contribution in [2.45, 2.75) is 25.8 Å². The molecule has 9 heteroatoms. The van der Waals surface area contributed by atoms with E-state index in [1.807, 2.05) is 15.5 Å². The molecule has 1 aromatic heterocycles. The summed E-state index contributed by atoms with van der Waals surface area (Å²) in [6.07, 6.45) is 3.32. The number of carbonyl (C=O) groups is 2. The number of fused-ring (bicyclic) bond motifs is 1. The Morgan fingerprint density at radius 1 is 1.08 bits per heavy atom. The van der Waals surface area contributed by atoms with E-state index in [1.165, 1.54) is 12.3 Å². The molecule has 1 aliphatic heterocycles. The maximum Gasteiger partial charge on any atom is 0.344 e. The standard InChI is InChI=1S/C27H29FN4O4/c1-2-30-10-12-31(13-11-30)24-15-23-20(14-22(24)28)26(34)21(16-32(23)19-8-9-19)27(35)36-17-25(33)29-18-6-4-3-5-7-18/h3-7,14-16,19H,2,8-13,17H2,1H3,(H,29,33). The van der Waals surface area contributed by atoms with Crippen LogP contribution in [0.2, 0.25) is 0 Å². The van der Waals surface area contributed by atoms with E-state index in [0.717, 1.165) is 32.5 Å². The molecular weight excluding hydrogens is 463 g/mol. The minimum atomic E-state index is -0.903. The smallest absolute Gasteiger partial charge is 0.344 e. The predicted octanol–water partition coefficient (Wildman–Crippen LogP) is 3.41. The van der Waals surface area contributed by atoms with Gasteiger partial charge in [0, 0.05) is 49.5 Å². The number of halogens is 1. The molecule has 3 aromatic rings. The van der Waals surface area contributed by atoms with E-state index in [1.54, 1.807) is 30.3 Å². The largest absolute Gasteiger partial charge is 0.452 e. The number of ether oxygens (including phenoxy) is 1. The van der Waals surface area contributed by atoms with Crippen molar-refractivity contribution in [3.8, 4) is 0 Å². The number of rotatable bonds is 7. The van der Waals surface area contributed by atoms with Crippen molar-refractivity contribution in [3.05, 3.63) is 70.3 Å². The zero-order valence-corrected chi connectivity index (χ0v) is 20.2. The van der Waals surface area contributed by atoms with Crippen LogP contribution in [0.4, 0.5) is 15.8 Å². The molecule has 1 aliphatic carbocycles. The van der Waals surface area contributed by atoms with Crippen LogP contribution in [0.5, 0.6) is 0 Å². The number of hydrogen-bond acceptors (Lipinski definition) is 6. The predicted molar refractivity (Wildman–Crippen MR) is 136 cm³/mol. The molecule has 1 saturated heterocycles. The maximum absolute atomic E-state index is 15.2. The number of esters is 1. The molecule has 8 nitrogen and oxygen atoms in total. The van der Waals surface area contributed by atoms with Crippen LogP contribution < -0.4 is 15.6 Å². The van der Waals surface area contributed by atoms with Crippen molar-refractivity contribution in [3.63, 3.8) is 0 Å². The van der Waals surface area contributed by atoms with Gasteiger partial charge in [-0.1, -0.05) is 25.1 Å². The second-order valence-corrected chi connectivity index (χ2v) is 9.24. The molecule has 188 valence electrons. The maximum atomic E-state index is 15.2. The summed E-state index contributed by atoms with van der Waals surface area (Å²) in [5.74, 6) is -1.91. The Bertz CT molecular complexity index is 1350. The first-order chi connectivity index (χ1) is 17.4. The van der Waals surface area contributed by atoms with Gasteiger partial charge in [-0.3, -0.25) is 9.59 Å². The molecule has 1 amide bonds. The first-order valence-electron chi connectivity index (χ1n) is 12.3. The Kier molecular flexibility index (Phi) is 6.73. The van der Waals surface area contributed by atoms with Gasteiger partial charge >= 0.3 is 5.97 Å². The van der Waals surface area contributed by atoms with Gasteiger partial charge in [-0.25, -0.2) is 9.18 Å². The van der Waals surface area contributed by atoms with E-state index >= 15 is 4.39 Å². The van der Waals surface area contributed by atoms with E-state index < -0.39 is 29.7 Å². The third-order valence-corrected chi connectivity index (χ3v) is 6.81. The summed E-state index contributed by atoms with van der Waals surface area (Å²) in [6, 6.07) is 11.9. The van der Waals surface area contributed by atoms with E-state index in [4.69, 9.17) is 4.74 Å². The Balaban J connectivity index is 1.40. The fourth-order valence-electron chi connectivity index (χ4n) is 4.63. The summed E-state index contributed by atoms with van der Waals surface area (Å²) < 4.78 is 22.3. The highest BCUT2D eigenvalue weighted by molar-refractivity contribution is 5.97. The number of carbonyl (C=O) groups excluding carboxylic acids is 2. The van der Waals surface area contributed by atoms with Crippen LogP contribution in [0.25, 0.3) is 10.9 Å². The third kappa shape index (κ3) is 4.97. The number of pyridine rings is 1. The molecule has 2 aromatic carbocycles. The summed E-state index contributed by atoms with van der Waals surface area (Å²) in [6.45, 7) is 5.66. The summed E-state index contributed by atoms with van der Waals surface area (Å²) >= 11 is 0. The molecule has 5 rings (SSSR count). The van der Waals surface area contributed by atoms with Crippen LogP contribution >= 0.6 is 0 Å². The second kappa shape index (κ2) is 10.1. The monoisotopic (exact) mass is 492 g/mol. The first kappa shape index (κ1) is 24.0. The average molecular weight is 493 g/mol. The van der Waals surface area contributed by atoms with Crippen LogP contribution in [0.3, 0.4) is 0 Å². The number of benzene rings is 2. The molecule has 0 radical (unpaired) electrons. The number of anilines is 2. The SMILES string of the molecule is CCN1CCN(c2cc3c(cc2F)c(=O)c(C(=O)OCC(=O)Nc2ccccc2)cn3C2CC2)CC1. The van der Waals surface area contributed by atoms with E-state index in [9.17, 15) is 14.4 Å². The summed E-state index contributed by atoms with van der Waals surface area (Å²) in [7, 11) is 0. The van der Waals surface area contributed by atoms with Crippen LogP contribution in [-0.2, 0) is 9.53 Å². The Labute approximate surface area is 208 Å². The van der Waals surface area contributed by atoms with Gasteiger partial charge in [0.25, 0.3) is 5.91 Å². The van der Waals surface area contributed by atoms with Crippen molar-refractivity contribution in [1.29, 1.82) is 0 Å². The number of para-hydroxylation sites is 1. The molecule has 1 N–H and O–H groups in total. The van der Waals surface area contributed by atoms with Crippen LogP contribution in [0.1, 0.15) is 36.2 Å². The normalized spacial score (nSPS) is 16.2. The third-order valence-electron chi connectivity index (χ3n) is 6.81. The highest BCUT2D eigenvalue weighted by Gasteiger charge is 2.29. The van der Waals surface area contributed by atoms with Crippen LogP contribution in [0.15, 0.2) is 53.5 Å². The fourth-order valence-corrected chi connectivity index (χ4v) is 4.63. The van der Waals surface area contributed by atoms with E-state index in [0.29, 0.717) is 30.0 Å². The second-order valence-electron chi connectivity index (χ2n) is 9.24. The van der Waals surface area contributed by atoms with Gasteiger partial charge in [-0.05, 0) is 43.7 Å². The van der Waals surface area contributed by atoms with Crippen molar-refractivity contribution in [2.75, 3.05) is 49.5 Å². The van der Waals surface area contributed by atoms with Gasteiger partial charge in [0.05, 0.1) is 11.2 Å². The fraction of sp³-hybridized carbons (Fsp3) is 0.370. The molecule has 0 atom stereocenters. The van der Waals surface area contributed by atoms with Crippen molar-refractivity contribution in [1.82, 2.24) is 9.47 Å². The number of hydrogen-bond donors (Lipinski definition) is 1. The lowest BCUT2D eigenvalue weighted by Gasteiger charge is -2.35. The molecule has 0 bridgehead atoms. The van der Waals surface area contributed by atoms with Gasteiger partial charge < -0.3 is 24.4 Å². The number of nitrogens with zero attached hydrogens (tertiary/aromatic N) is 3. The Morgan fingerprint density at radius 3 is 2.47 bits per heavy atom. The molecular formula is C27H29FN4O4. The van der Waals surface area contributed by atoms with Gasteiger partial charge in [-0.2, -0.15) is 0 Å². The number of amides is 1.